The molecule has 0 radical (unpaired) electrons. The molecule has 1 rings (SSSR count). The van der Waals surface area contributed by atoms with Crippen molar-refractivity contribution in [2.24, 2.45) is 11.1 Å². The summed E-state index contributed by atoms with van der Waals surface area (Å²) < 4.78 is 13.2. The van der Waals surface area contributed by atoms with E-state index in [-0.39, 0.29) is 5.41 Å². The summed E-state index contributed by atoms with van der Waals surface area (Å²) in [7, 11) is 0. The second-order valence-electron chi connectivity index (χ2n) is 3.32. The van der Waals surface area contributed by atoms with Gasteiger partial charge < -0.3 is 5.73 Å². The van der Waals surface area contributed by atoms with E-state index >= 15 is 0 Å². The molecule has 11 heavy (non-hydrogen) atoms. The van der Waals surface area contributed by atoms with Crippen LogP contribution in [0.15, 0.2) is 0 Å². The van der Waals surface area contributed by atoms with Crippen LogP contribution in [-0.2, 0) is 0 Å². The van der Waals surface area contributed by atoms with Gasteiger partial charge in [0, 0.05) is 11.2 Å². The minimum absolute atomic E-state index is 0.0839. The molecule has 66 valence electrons. The highest BCUT2D eigenvalue weighted by atomic mass is 32.2. The first-order chi connectivity index (χ1) is 5.21. The first kappa shape index (κ1) is 9.33. The number of hydrogen-bond donors (Lipinski definition) is 1. The third-order valence-electron chi connectivity index (χ3n) is 2.62. The summed E-state index contributed by atoms with van der Waals surface area (Å²) in [4.78, 5) is 0. The Labute approximate surface area is 71.9 Å². The van der Waals surface area contributed by atoms with E-state index in [0.29, 0.717) is 6.54 Å². The minimum atomic E-state index is -0.693. The van der Waals surface area contributed by atoms with Crippen molar-refractivity contribution in [3.63, 3.8) is 0 Å². The molecule has 1 aliphatic heterocycles. The van der Waals surface area contributed by atoms with Crippen molar-refractivity contribution in [1.29, 1.82) is 0 Å². The predicted octanol–water partition coefficient (Wildman–Crippen LogP) is 1.82. The maximum Gasteiger partial charge on any atom is 0.104 e. The summed E-state index contributed by atoms with van der Waals surface area (Å²) >= 11 is 1.85. The largest absolute Gasteiger partial charge is 0.330 e. The molecule has 0 aromatic carbocycles. The van der Waals surface area contributed by atoms with Gasteiger partial charge in [-0.15, -0.1) is 0 Å². The SMILES string of the molecule is CC(F)C1(CCN)CCSC1. The van der Waals surface area contributed by atoms with Crippen LogP contribution < -0.4 is 5.73 Å². The van der Waals surface area contributed by atoms with Crippen LogP contribution in [0.5, 0.6) is 0 Å². The van der Waals surface area contributed by atoms with Gasteiger partial charge in [-0.3, -0.25) is 0 Å². The Morgan fingerprint density at radius 2 is 2.45 bits per heavy atom. The van der Waals surface area contributed by atoms with Crippen molar-refractivity contribution in [3.8, 4) is 0 Å². The number of rotatable bonds is 3. The summed E-state index contributed by atoms with van der Waals surface area (Å²) in [6.07, 6.45) is 1.16. The van der Waals surface area contributed by atoms with Gasteiger partial charge in [-0.25, -0.2) is 4.39 Å². The molecule has 1 aliphatic rings. The number of thioether (sulfide) groups is 1. The van der Waals surface area contributed by atoms with Crippen molar-refractivity contribution in [1.82, 2.24) is 0 Å². The van der Waals surface area contributed by atoms with E-state index in [0.717, 1.165) is 24.3 Å². The Kier molecular flexibility index (Phi) is 3.19. The molecule has 0 aliphatic carbocycles. The Morgan fingerprint density at radius 1 is 1.73 bits per heavy atom. The average Bonchev–Trinajstić information content (AvgIpc) is 2.38. The van der Waals surface area contributed by atoms with Gasteiger partial charge in [-0.2, -0.15) is 11.8 Å². The van der Waals surface area contributed by atoms with Crippen LogP contribution in [0, 0.1) is 5.41 Å². The standard InChI is InChI=1S/C8H16FNS/c1-7(9)8(2-4-10)3-5-11-6-8/h7H,2-6,10H2,1H3. The van der Waals surface area contributed by atoms with Gasteiger partial charge >= 0.3 is 0 Å². The van der Waals surface area contributed by atoms with Gasteiger partial charge in [0.25, 0.3) is 0 Å². The maximum atomic E-state index is 13.2. The zero-order valence-electron chi connectivity index (χ0n) is 6.98. The van der Waals surface area contributed by atoms with Crippen LogP contribution in [0.2, 0.25) is 0 Å². The molecule has 1 fully saturated rings. The van der Waals surface area contributed by atoms with Crippen LogP contribution in [-0.4, -0.2) is 24.2 Å². The highest BCUT2D eigenvalue weighted by Gasteiger charge is 2.38. The molecule has 1 heterocycles. The van der Waals surface area contributed by atoms with Gasteiger partial charge in [0.1, 0.15) is 6.17 Å². The highest BCUT2D eigenvalue weighted by molar-refractivity contribution is 7.99. The molecule has 1 saturated heterocycles. The molecule has 0 spiro atoms. The average molecular weight is 177 g/mol. The molecule has 2 atom stereocenters. The fourth-order valence-corrected chi connectivity index (χ4v) is 3.24. The Bertz CT molecular complexity index is 121. The lowest BCUT2D eigenvalue weighted by Gasteiger charge is -2.29. The third-order valence-corrected chi connectivity index (χ3v) is 3.89. The number of halogens is 1. The number of hydrogen-bond acceptors (Lipinski definition) is 2. The molecule has 0 saturated carbocycles. The summed E-state index contributed by atoms with van der Waals surface area (Å²) in [6, 6.07) is 0. The normalized spacial score (nSPS) is 34.1. The second-order valence-corrected chi connectivity index (χ2v) is 4.42. The van der Waals surface area contributed by atoms with Crippen LogP contribution in [0.3, 0.4) is 0 Å². The molecular formula is C8H16FNS. The van der Waals surface area contributed by atoms with Gasteiger partial charge in [0.05, 0.1) is 0 Å². The first-order valence-electron chi connectivity index (χ1n) is 4.13. The molecular weight excluding hydrogens is 161 g/mol. The van der Waals surface area contributed by atoms with Crippen LogP contribution in [0.25, 0.3) is 0 Å². The minimum Gasteiger partial charge on any atom is -0.330 e. The van der Waals surface area contributed by atoms with E-state index in [9.17, 15) is 4.39 Å². The zero-order chi connectivity index (χ0) is 8.32. The molecule has 0 bridgehead atoms. The monoisotopic (exact) mass is 177 g/mol. The molecule has 0 amide bonds. The topological polar surface area (TPSA) is 26.0 Å². The van der Waals surface area contributed by atoms with Crippen molar-refractivity contribution in [2.45, 2.75) is 25.9 Å². The third kappa shape index (κ3) is 1.88. The number of nitrogens with two attached hydrogens (primary N) is 1. The summed E-state index contributed by atoms with van der Waals surface area (Å²) in [5, 5.41) is 0. The molecule has 1 nitrogen and oxygen atoms in total. The smallest absolute Gasteiger partial charge is 0.104 e. The Hall–Kier alpha value is 0.240. The molecule has 0 aromatic heterocycles. The fraction of sp³-hybridized carbons (Fsp3) is 1.00. The van der Waals surface area contributed by atoms with Crippen molar-refractivity contribution < 1.29 is 4.39 Å². The van der Waals surface area contributed by atoms with Gasteiger partial charge in [-0.1, -0.05) is 0 Å². The van der Waals surface area contributed by atoms with Crippen LogP contribution in [0.4, 0.5) is 4.39 Å². The summed E-state index contributed by atoms with van der Waals surface area (Å²) in [5.41, 5.74) is 5.37. The molecule has 2 N–H and O–H groups in total. The van der Waals surface area contributed by atoms with Crippen LogP contribution >= 0.6 is 11.8 Å². The molecule has 3 heteroatoms. The summed E-state index contributed by atoms with van der Waals surface area (Å²) in [6.45, 7) is 2.29. The van der Waals surface area contributed by atoms with E-state index < -0.39 is 6.17 Å². The zero-order valence-corrected chi connectivity index (χ0v) is 7.79. The molecule has 2 unspecified atom stereocenters. The van der Waals surface area contributed by atoms with Crippen molar-refractivity contribution >= 4 is 11.8 Å². The van der Waals surface area contributed by atoms with Crippen molar-refractivity contribution in [3.05, 3.63) is 0 Å². The van der Waals surface area contributed by atoms with Gasteiger partial charge in [0.15, 0.2) is 0 Å². The van der Waals surface area contributed by atoms with E-state index in [1.807, 2.05) is 11.8 Å². The van der Waals surface area contributed by atoms with E-state index in [1.165, 1.54) is 0 Å². The Balaban J connectivity index is 2.55. The lowest BCUT2D eigenvalue weighted by molar-refractivity contribution is 0.139. The first-order valence-corrected chi connectivity index (χ1v) is 5.29. The Morgan fingerprint density at radius 3 is 2.82 bits per heavy atom. The van der Waals surface area contributed by atoms with Gasteiger partial charge in [-0.05, 0) is 32.1 Å². The second kappa shape index (κ2) is 3.76. The van der Waals surface area contributed by atoms with Gasteiger partial charge in [0.2, 0.25) is 0 Å². The summed E-state index contributed by atoms with van der Waals surface area (Å²) in [5.74, 6) is 2.07. The van der Waals surface area contributed by atoms with E-state index in [4.69, 9.17) is 5.73 Å². The molecule has 0 aromatic rings. The van der Waals surface area contributed by atoms with Crippen molar-refractivity contribution in [2.75, 3.05) is 18.1 Å². The lowest BCUT2D eigenvalue weighted by Crippen LogP contribution is -2.32. The quantitative estimate of drug-likeness (QED) is 0.711. The highest BCUT2D eigenvalue weighted by Crippen LogP contribution is 2.42. The van der Waals surface area contributed by atoms with E-state index in [2.05, 4.69) is 0 Å². The fourth-order valence-electron chi connectivity index (χ4n) is 1.62. The maximum absolute atomic E-state index is 13.2. The van der Waals surface area contributed by atoms with Crippen LogP contribution in [0.1, 0.15) is 19.8 Å². The number of alkyl halides is 1. The predicted molar refractivity (Wildman–Crippen MR) is 48.6 cm³/mol. The van der Waals surface area contributed by atoms with E-state index in [1.54, 1.807) is 6.92 Å². The lowest BCUT2D eigenvalue weighted by atomic mass is 9.80.